The second-order valence-corrected chi connectivity index (χ2v) is 6.10. The lowest BCUT2D eigenvalue weighted by Gasteiger charge is -2.43. The topological polar surface area (TPSA) is 23.5 Å². The molecule has 1 N–H and O–H groups in total. The van der Waals surface area contributed by atoms with Crippen molar-refractivity contribution in [3.8, 4) is 0 Å². The van der Waals surface area contributed by atoms with Crippen LogP contribution in [-0.4, -0.2) is 36.2 Å². The first kappa shape index (κ1) is 13.0. The van der Waals surface area contributed by atoms with Crippen LogP contribution in [0.5, 0.6) is 0 Å². The SMILES string of the molecule is CC(C)CCN1CCC(C)(C)C(CO)C1. The molecule has 1 aliphatic heterocycles. The number of rotatable bonds is 4. The highest BCUT2D eigenvalue weighted by Gasteiger charge is 2.34. The van der Waals surface area contributed by atoms with Crippen LogP contribution in [0.3, 0.4) is 0 Å². The van der Waals surface area contributed by atoms with E-state index in [-0.39, 0.29) is 0 Å². The highest BCUT2D eigenvalue weighted by Crippen LogP contribution is 2.35. The van der Waals surface area contributed by atoms with Crippen LogP contribution in [0.4, 0.5) is 0 Å². The fourth-order valence-electron chi connectivity index (χ4n) is 2.25. The summed E-state index contributed by atoms with van der Waals surface area (Å²) in [6.45, 7) is 12.9. The molecule has 0 bridgehead atoms. The van der Waals surface area contributed by atoms with Crippen molar-refractivity contribution in [3.05, 3.63) is 0 Å². The maximum atomic E-state index is 9.40. The Balaban J connectivity index is 2.39. The molecule has 2 heteroatoms. The lowest BCUT2D eigenvalue weighted by Crippen LogP contribution is -2.46. The van der Waals surface area contributed by atoms with Crippen molar-refractivity contribution < 1.29 is 5.11 Å². The van der Waals surface area contributed by atoms with E-state index in [4.69, 9.17) is 0 Å². The first-order valence-corrected chi connectivity index (χ1v) is 6.29. The third-order valence-corrected chi connectivity index (χ3v) is 3.90. The minimum atomic E-state index is 0.323. The second kappa shape index (κ2) is 5.31. The van der Waals surface area contributed by atoms with Crippen molar-refractivity contribution in [2.24, 2.45) is 17.3 Å². The van der Waals surface area contributed by atoms with Crippen molar-refractivity contribution in [1.82, 2.24) is 4.90 Å². The van der Waals surface area contributed by atoms with E-state index in [0.717, 1.165) is 12.5 Å². The van der Waals surface area contributed by atoms with Crippen molar-refractivity contribution in [1.29, 1.82) is 0 Å². The molecule has 1 fully saturated rings. The van der Waals surface area contributed by atoms with Gasteiger partial charge in [-0.05, 0) is 43.2 Å². The molecule has 0 aromatic heterocycles. The average Bonchev–Trinajstić information content (AvgIpc) is 2.15. The molecule has 0 radical (unpaired) electrons. The third kappa shape index (κ3) is 3.76. The average molecular weight is 213 g/mol. The van der Waals surface area contributed by atoms with E-state index >= 15 is 0 Å². The predicted molar refractivity (Wildman–Crippen MR) is 64.9 cm³/mol. The number of hydrogen-bond acceptors (Lipinski definition) is 2. The third-order valence-electron chi connectivity index (χ3n) is 3.90. The quantitative estimate of drug-likeness (QED) is 0.775. The fourth-order valence-corrected chi connectivity index (χ4v) is 2.25. The number of aliphatic hydroxyl groups is 1. The maximum absolute atomic E-state index is 9.40. The van der Waals surface area contributed by atoms with Gasteiger partial charge in [-0.1, -0.05) is 27.7 Å². The van der Waals surface area contributed by atoms with Gasteiger partial charge in [0, 0.05) is 13.2 Å². The summed E-state index contributed by atoms with van der Waals surface area (Å²) < 4.78 is 0. The van der Waals surface area contributed by atoms with Gasteiger partial charge in [0.05, 0.1) is 0 Å². The van der Waals surface area contributed by atoms with E-state index in [0.29, 0.717) is 17.9 Å². The van der Waals surface area contributed by atoms with Crippen LogP contribution in [0.1, 0.15) is 40.5 Å². The molecule has 90 valence electrons. The van der Waals surface area contributed by atoms with Crippen LogP contribution in [-0.2, 0) is 0 Å². The van der Waals surface area contributed by atoms with E-state index in [2.05, 4.69) is 32.6 Å². The number of nitrogens with zero attached hydrogens (tertiary/aromatic N) is 1. The first-order chi connectivity index (χ1) is 6.95. The van der Waals surface area contributed by atoms with E-state index in [1.165, 1.54) is 25.9 Å². The molecule has 1 unspecified atom stereocenters. The summed E-state index contributed by atoms with van der Waals surface area (Å²) >= 11 is 0. The Labute approximate surface area is 94.7 Å². The van der Waals surface area contributed by atoms with Gasteiger partial charge < -0.3 is 10.0 Å². The number of hydrogen-bond donors (Lipinski definition) is 1. The van der Waals surface area contributed by atoms with Crippen molar-refractivity contribution >= 4 is 0 Å². The van der Waals surface area contributed by atoms with Gasteiger partial charge in [-0.15, -0.1) is 0 Å². The van der Waals surface area contributed by atoms with Gasteiger partial charge in [-0.3, -0.25) is 0 Å². The van der Waals surface area contributed by atoms with Crippen LogP contribution in [0.25, 0.3) is 0 Å². The van der Waals surface area contributed by atoms with Gasteiger partial charge in [0.25, 0.3) is 0 Å². The summed E-state index contributed by atoms with van der Waals surface area (Å²) in [6, 6.07) is 0. The molecule has 1 saturated heterocycles. The van der Waals surface area contributed by atoms with E-state index in [1.807, 2.05) is 0 Å². The zero-order valence-corrected chi connectivity index (χ0v) is 10.8. The molecule has 2 nitrogen and oxygen atoms in total. The van der Waals surface area contributed by atoms with Gasteiger partial charge in [-0.2, -0.15) is 0 Å². The molecule has 0 amide bonds. The molecular weight excluding hydrogens is 186 g/mol. The molecular formula is C13H27NO. The molecule has 1 rings (SSSR count). The van der Waals surface area contributed by atoms with Crippen LogP contribution >= 0.6 is 0 Å². The van der Waals surface area contributed by atoms with E-state index < -0.39 is 0 Å². The largest absolute Gasteiger partial charge is 0.396 e. The molecule has 0 aromatic carbocycles. The van der Waals surface area contributed by atoms with Crippen LogP contribution in [0, 0.1) is 17.3 Å². The van der Waals surface area contributed by atoms with Gasteiger partial charge in [0.1, 0.15) is 0 Å². The van der Waals surface area contributed by atoms with Crippen molar-refractivity contribution in [3.63, 3.8) is 0 Å². The van der Waals surface area contributed by atoms with Crippen molar-refractivity contribution in [2.75, 3.05) is 26.2 Å². The maximum Gasteiger partial charge on any atom is 0.0476 e. The Morgan fingerprint density at radius 2 is 2.07 bits per heavy atom. The van der Waals surface area contributed by atoms with Gasteiger partial charge in [0.15, 0.2) is 0 Å². The summed E-state index contributed by atoms with van der Waals surface area (Å²) in [5.74, 6) is 1.24. The number of likely N-dealkylation sites (tertiary alicyclic amines) is 1. The van der Waals surface area contributed by atoms with Crippen LogP contribution in [0.2, 0.25) is 0 Å². The minimum absolute atomic E-state index is 0.323. The minimum Gasteiger partial charge on any atom is -0.396 e. The Kier molecular flexibility index (Phi) is 4.60. The Morgan fingerprint density at radius 1 is 1.40 bits per heavy atom. The lowest BCUT2D eigenvalue weighted by atomic mass is 9.73. The predicted octanol–water partition coefficient (Wildman–Crippen LogP) is 2.37. The zero-order chi connectivity index (χ0) is 11.5. The molecule has 1 atom stereocenters. The second-order valence-electron chi connectivity index (χ2n) is 6.10. The standard InChI is InChI=1S/C13H27NO/c1-11(2)5-7-14-8-6-13(3,4)12(9-14)10-15/h11-12,15H,5-10H2,1-4H3. The number of piperidine rings is 1. The van der Waals surface area contributed by atoms with Gasteiger partial charge in [-0.25, -0.2) is 0 Å². The summed E-state index contributed by atoms with van der Waals surface area (Å²) in [7, 11) is 0. The van der Waals surface area contributed by atoms with Crippen LogP contribution < -0.4 is 0 Å². The monoisotopic (exact) mass is 213 g/mol. The Hall–Kier alpha value is -0.0800. The van der Waals surface area contributed by atoms with Gasteiger partial charge >= 0.3 is 0 Å². The molecule has 1 aliphatic rings. The summed E-state index contributed by atoms with van der Waals surface area (Å²) in [5, 5.41) is 9.40. The van der Waals surface area contributed by atoms with E-state index in [9.17, 15) is 5.11 Å². The molecule has 15 heavy (non-hydrogen) atoms. The van der Waals surface area contributed by atoms with Gasteiger partial charge in [0.2, 0.25) is 0 Å². The summed E-state index contributed by atoms with van der Waals surface area (Å²) in [5.41, 5.74) is 0.323. The Bertz CT molecular complexity index is 187. The fraction of sp³-hybridized carbons (Fsp3) is 1.00. The van der Waals surface area contributed by atoms with E-state index in [1.54, 1.807) is 0 Å². The van der Waals surface area contributed by atoms with Crippen LogP contribution in [0.15, 0.2) is 0 Å². The highest BCUT2D eigenvalue weighted by atomic mass is 16.3. The smallest absolute Gasteiger partial charge is 0.0476 e. The molecule has 0 aliphatic carbocycles. The summed E-state index contributed by atoms with van der Waals surface area (Å²) in [6.07, 6.45) is 2.49. The normalized spacial score (nSPS) is 27.2. The molecule has 1 heterocycles. The Morgan fingerprint density at radius 3 is 2.60 bits per heavy atom. The summed E-state index contributed by atoms with van der Waals surface area (Å²) in [4.78, 5) is 2.52. The zero-order valence-electron chi connectivity index (χ0n) is 10.8. The number of aliphatic hydroxyl groups excluding tert-OH is 1. The lowest BCUT2D eigenvalue weighted by molar-refractivity contribution is 0.0213. The molecule has 0 saturated carbocycles. The molecule has 0 spiro atoms. The highest BCUT2D eigenvalue weighted by molar-refractivity contribution is 4.86. The first-order valence-electron chi connectivity index (χ1n) is 6.29. The molecule has 0 aromatic rings. The van der Waals surface area contributed by atoms with Crippen molar-refractivity contribution in [2.45, 2.75) is 40.5 Å².